The summed E-state index contributed by atoms with van der Waals surface area (Å²) in [7, 11) is 1.32. The van der Waals surface area contributed by atoms with Crippen molar-refractivity contribution < 1.29 is 28.5 Å². The van der Waals surface area contributed by atoms with Crippen molar-refractivity contribution in [1.82, 2.24) is 5.32 Å². The van der Waals surface area contributed by atoms with Crippen LogP contribution in [0, 0.1) is 11.8 Å². The first kappa shape index (κ1) is 27.9. The van der Waals surface area contributed by atoms with Crippen LogP contribution in [0.1, 0.15) is 58.3 Å². The second-order valence-electron chi connectivity index (χ2n) is 8.32. The first-order valence-electron chi connectivity index (χ1n) is 11.9. The summed E-state index contributed by atoms with van der Waals surface area (Å²) in [5, 5.41) is 2.51. The molecule has 0 heterocycles. The van der Waals surface area contributed by atoms with Crippen molar-refractivity contribution >= 4 is 6.09 Å². The molecular formula is C24H45NO6. The van der Waals surface area contributed by atoms with Crippen molar-refractivity contribution in [3.05, 3.63) is 12.2 Å². The van der Waals surface area contributed by atoms with Gasteiger partial charge in [-0.1, -0.05) is 44.1 Å². The molecule has 0 aromatic rings. The van der Waals surface area contributed by atoms with Crippen LogP contribution >= 0.6 is 0 Å². The van der Waals surface area contributed by atoms with E-state index >= 15 is 0 Å². The Labute approximate surface area is 189 Å². The van der Waals surface area contributed by atoms with Crippen LogP contribution in [0.2, 0.25) is 0 Å². The number of amides is 1. The van der Waals surface area contributed by atoms with Crippen molar-refractivity contribution in [3.63, 3.8) is 0 Å². The average molecular weight is 444 g/mol. The second-order valence-corrected chi connectivity index (χ2v) is 8.32. The Morgan fingerprint density at radius 2 is 1.29 bits per heavy atom. The number of carbonyl (C=O) groups excluding carboxylic acids is 1. The molecule has 2 atom stereocenters. The lowest BCUT2D eigenvalue weighted by molar-refractivity contribution is -0.00109. The summed E-state index contributed by atoms with van der Waals surface area (Å²) in [5.74, 6) is 2.37. The van der Waals surface area contributed by atoms with Crippen LogP contribution in [0.15, 0.2) is 12.2 Å². The minimum Gasteiger partial charge on any atom is -0.453 e. The smallest absolute Gasteiger partial charge is 0.406 e. The molecule has 2 saturated carbocycles. The maximum absolute atomic E-state index is 10.7. The maximum atomic E-state index is 10.7. The Morgan fingerprint density at radius 3 is 1.77 bits per heavy atom. The van der Waals surface area contributed by atoms with E-state index in [0.29, 0.717) is 59.4 Å². The van der Waals surface area contributed by atoms with Gasteiger partial charge in [0.25, 0.3) is 0 Å². The minimum absolute atomic E-state index is 0.418. The molecular weight excluding hydrogens is 398 g/mol. The molecule has 0 bridgehead atoms. The molecule has 7 heteroatoms. The van der Waals surface area contributed by atoms with Gasteiger partial charge in [-0.15, -0.1) is 6.58 Å². The lowest BCUT2D eigenvalue weighted by Gasteiger charge is -2.08. The molecule has 1 N–H and O–H groups in total. The third-order valence-electron chi connectivity index (χ3n) is 5.46. The van der Waals surface area contributed by atoms with E-state index < -0.39 is 6.09 Å². The summed E-state index contributed by atoms with van der Waals surface area (Å²) in [6, 6.07) is 0. The topological polar surface area (TPSA) is 75.3 Å². The highest BCUT2D eigenvalue weighted by atomic mass is 16.6. The van der Waals surface area contributed by atoms with Gasteiger partial charge in [0.15, 0.2) is 0 Å². The molecule has 2 rings (SSSR count). The Morgan fingerprint density at radius 1 is 0.806 bits per heavy atom. The molecule has 7 nitrogen and oxygen atoms in total. The molecule has 1 amide bonds. The number of ether oxygens (including phenoxy) is 5. The van der Waals surface area contributed by atoms with Gasteiger partial charge in [-0.25, -0.2) is 4.79 Å². The standard InChI is InChI=1S/C15H29NO6.C9H16/c1-14(2)4-6-19-8-10-21-12-13-22-11-9-20-7-5-16-15(17)18-3;1-2-4-6-9-7-8(9)5-3-1/h1,4-13H2,2-3H3,(H,16,17);8-9H,1-7H2. The van der Waals surface area contributed by atoms with Crippen LogP contribution in [0.25, 0.3) is 0 Å². The monoisotopic (exact) mass is 443 g/mol. The quantitative estimate of drug-likeness (QED) is 0.300. The largest absolute Gasteiger partial charge is 0.453 e. The van der Waals surface area contributed by atoms with Crippen LogP contribution in [0.5, 0.6) is 0 Å². The zero-order valence-corrected chi connectivity index (χ0v) is 19.8. The van der Waals surface area contributed by atoms with E-state index in [-0.39, 0.29) is 0 Å². The average Bonchev–Trinajstić information content (AvgIpc) is 3.47. The summed E-state index contributed by atoms with van der Waals surface area (Å²) in [4.78, 5) is 10.7. The van der Waals surface area contributed by atoms with Gasteiger partial charge in [0, 0.05) is 6.54 Å². The van der Waals surface area contributed by atoms with E-state index in [1.807, 2.05) is 6.92 Å². The summed E-state index contributed by atoms with van der Waals surface area (Å²) >= 11 is 0. The first-order valence-corrected chi connectivity index (χ1v) is 11.9. The van der Waals surface area contributed by atoms with E-state index in [1.54, 1.807) is 19.3 Å². The molecule has 2 fully saturated rings. The zero-order chi connectivity index (χ0) is 22.6. The third kappa shape index (κ3) is 18.2. The van der Waals surface area contributed by atoms with E-state index in [9.17, 15) is 4.79 Å². The first-order chi connectivity index (χ1) is 15.1. The fraction of sp³-hybridized carbons (Fsp3) is 0.875. The normalized spacial score (nSPS) is 19.8. The van der Waals surface area contributed by atoms with Gasteiger partial charge in [0.1, 0.15) is 0 Å². The molecule has 0 aromatic heterocycles. The van der Waals surface area contributed by atoms with Crippen LogP contribution < -0.4 is 5.32 Å². The van der Waals surface area contributed by atoms with Gasteiger partial charge in [0.05, 0.1) is 60.0 Å². The number of methoxy groups -OCH3 is 1. The van der Waals surface area contributed by atoms with Crippen LogP contribution in [-0.4, -0.2) is 72.6 Å². The number of rotatable bonds is 15. The lowest BCUT2D eigenvalue weighted by atomic mass is 10.0. The number of hydrogen-bond donors (Lipinski definition) is 1. The van der Waals surface area contributed by atoms with Gasteiger partial charge in [-0.3, -0.25) is 0 Å². The fourth-order valence-electron chi connectivity index (χ4n) is 3.49. The molecule has 182 valence electrons. The highest BCUT2D eigenvalue weighted by Gasteiger charge is 2.35. The third-order valence-corrected chi connectivity index (χ3v) is 5.46. The van der Waals surface area contributed by atoms with E-state index in [0.717, 1.165) is 12.0 Å². The number of fused-ring (bicyclic) bond motifs is 1. The van der Waals surface area contributed by atoms with Gasteiger partial charge < -0.3 is 29.0 Å². The highest BCUT2D eigenvalue weighted by molar-refractivity contribution is 5.66. The Hall–Kier alpha value is -1.15. The Bertz CT molecular complexity index is 447. The minimum atomic E-state index is -0.458. The molecule has 0 aliphatic heterocycles. The SMILES string of the molecule is C1CCCC2CC2CC1.C=C(C)CCOCCOCCOCCOCCNC(=O)OC. The summed E-state index contributed by atoms with van der Waals surface area (Å²) < 4.78 is 25.7. The van der Waals surface area contributed by atoms with E-state index in [2.05, 4.69) is 16.6 Å². The van der Waals surface area contributed by atoms with Crippen molar-refractivity contribution in [1.29, 1.82) is 0 Å². The molecule has 0 aromatic carbocycles. The van der Waals surface area contributed by atoms with Gasteiger partial charge in [-0.2, -0.15) is 0 Å². The zero-order valence-electron chi connectivity index (χ0n) is 19.8. The lowest BCUT2D eigenvalue weighted by Crippen LogP contribution is -2.27. The molecule has 0 spiro atoms. The van der Waals surface area contributed by atoms with Crippen molar-refractivity contribution in [2.24, 2.45) is 11.8 Å². The molecule has 31 heavy (non-hydrogen) atoms. The maximum Gasteiger partial charge on any atom is 0.406 e. The van der Waals surface area contributed by atoms with Gasteiger partial charge >= 0.3 is 6.09 Å². The predicted molar refractivity (Wildman–Crippen MR) is 122 cm³/mol. The van der Waals surface area contributed by atoms with E-state index in [4.69, 9.17) is 18.9 Å². The van der Waals surface area contributed by atoms with Gasteiger partial charge in [0.2, 0.25) is 0 Å². The highest BCUT2D eigenvalue weighted by Crippen LogP contribution is 2.46. The molecule has 2 unspecified atom stereocenters. The molecule has 0 saturated heterocycles. The van der Waals surface area contributed by atoms with Crippen LogP contribution in [-0.2, 0) is 23.7 Å². The summed E-state index contributed by atoms with van der Waals surface area (Å²) in [6.45, 7) is 10.5. The van der Waals surface area contributed by atoms with Crippen LogP contribution in [0.3, 0.4) is 0 Å². The number of nitrogens with one attached hydrogen (secondary N) is 1. The summed E-state index contributed by atoms with van der Waals surface area (Å²) in [5.41, 5.74) is 1.12. The van der Waals surface area contributed by atoms with Gasteiger partial charge in [-0.05, 0) is 31.6 Å². The Kier molecular flexibility index (Phi) is 17.6. The fourth-order valence-corrected chi connectivity index (χ4v) is 3.49. The number of carbonyl (C=O) groups is 1. The second kappa shape index (κ2) is 19.5. The number of hydrogen-bond acceptors (Lipinski definition) is 6. The summed E-state index contributed by atoms with van der Waals surface area (Å²) in [6.07, 6.45) is 11.2. The molecule has 2 aliphatic rings. The number of alkyl carbamates (subject to hydrolysis) is 1. The van der Waals surface area contributed by atoms with Crippen molar-refractivity contribution in [2.45, 2.75) is 58.3 Å². The predicted octanol–water partition coefficient (Wildman–Crippen LogP) is 4.35. The van der Waals surface area contributed by atoms with Crippen molar-refractivity contribution in [2.75, 3.05) is 66.5 Å². The van der Waals surface area contributed by atoms with Crippen molar-refractivity contribution in [3.8, 4) is 0 Å². The Balaban J connectivity index is 0.000000432. The van der Waals surface area contributed by atoms with E-state index in [1.165, 1.54) is 44.6 Å². The molecule has 2 aliphatic carbocycles. The van der Waals surface area contributed by atoms with Crippen LogP contribution in [0.4, 0.5) is 4.79 Å². The molecule has 0 radical (unpaired) electrons.